The van der Waals surface area contributed by atoms with E-state index in [1.807, 2.05) is 30.5 Å². The number of para-hydroxylation sites is 1. The highest BCUT2D eigenvalue weighted by Gasteiger charge is 2.49. The molecule has 4 N–H and O–H groups in total. The third-order valence-electron chi connectivity index (χ3n) is 5.23. The quantitative estimate of drug-likeness (QED) is 0.789. The van der Waals surface area contributed by atoms with Crippen LogP contribution in [0.25, 0.3) is 10.9 Å². The first kappa shape index (κ1) is 16.0. The van der Waals surface area contributed by atoms with Gasteiger partial charge in [0.05, 0.1) is 12.1 Å². The first-order valence-corrected chi connectivity index (χ1v) is 8.07. The zero-order valence-electron chi connectivity index (χ0n) is 13.9. The van der Waals surface area contributed by atoms with Gasteiger partial charge >= 0.3 is 0 Å². The molecule has 1 aliphatic carbocycles. The Balaban J connectivity index is 1.62. The number of amides is 1. The second-order valence-electron chi connectivity index (χ2n) is 7.01. The predicted octanol–water partition coefficient (Wildman–Crippen LogP) is 1.97. The smallest absolute Gasteiger partial charge is 0.237 e. The van der Waals surface area contributed by atoms with E-state index in [-0.39, 0.29) is 23.5 Å². The number of fused-ring (bicyclic) bond motifs is 1. The number of aromatic nitrogens is 1. The molecule has 0 radical (unpaired) electrons. The fourth-order valence-corrected chi connectivity index (χ4v) is 3.44. The lowest BCUT2D eigenvalue weighted by Gasteiger charge is -2.51. The van der Waals surface area contributed by atoms with Crippen LogP contribution in [0.4, 0.5) is 0 Å². The molecule has 23 heavy (non-hydrogen) atoms. The van der Waals surface area contributed by atoms with Crippen molar-refractivity contribution in [1.82, 2.24) is 10.3 Å². The van der Waals surface area contributed by atoms with E-state index in [1.165, 1.54) is 0 Å². The van der Waals surface area contributed by atoms with Crippen molar-refractivity contribution in [3.8, 4) is 0 Å². The summed E-state index contributed by atoms with van der Waals surface area (Å²) >= 11 is 0. The van der Waals surface area contributed by atoms with Crippen LogP contribution < -0.4 is 11.1 Å². The molecule has 2 unspecified atom stereocenters. The molecule has 1 amide bonds. The topological polar surface area (TPSA) is 80.1 Å². The van der Waals surface area contributed by atoms with E-state index in [1.54, 1.807) is 7.11 Å². The van der Waals surface area contributed by atoms with E-state index >= 15 is 0 Å². The number of nitrogens with two attached hydrogens (primary N) is 1. The largest absolute Gasteiger partial charge is 0.381 e. The van der Waals surface area contributed by atoms with Crippen LogP contribution in [0, 0.1) is 5.41 Å². The van der Waals surface area contributed by atoms with E-state index in [0.29, 0.717) is 6.42 Å². The summed E-state index contributed by atoms with van der Waals surface area (Å²) in [6.07, 6.45) is 3.50. The Labute approximate surface area is 136 Å². The van der Waals surface area contributed by atoms with Crippen LogP contribution in [0.15, 0.2) is 30.5 Å². The number of benzene rings is 1. The van der Waals surface area contributed by atoms with Gasteiger partial charge in [-0.25, -0.2) is 0 Å². The van der Waals surface area contributed by atoms with Crippen molar-refractivity contribution >= 4 is 16.8 Å². The van der Waals surface area contributed by atoms with E-state index in [9.17, 15) is 4.79 Å². The third kappa shape index (κ3) is 2.86. The van der Waals surface area contributed by atoms with E-state index in [2.05, 4.69) is 24.1 Å². The SMILES string of the molecule is COC1CC(NC(=O)[C@@H](N)Cc2c[nH]c3ccccc23)C1(C)C. The van der Waals surface area contributed by atoms with Crippen molar-refractivity contribution in [1.29, 1.82) is 0 Å². The number of nitrogens with one attached hydrogen (secondary N) is 2. The van der Waals surface area contributed by atoms with Crippen LogP contribution in [-0.2, 0) is 16.0 Å². The molecule has 5 nitrogen and oxygen atoms in total. The summed E-state index contributed by atoms with van der Waals surface area (Å²) in [6.45, 7) is 4.22. The van der Waals surface area contributed by atoms with E-state index < -0.39 is 6.04 Å². The fraction of sp³-hybridized carbons (Fsp3) is 0.500. The standard InChI is InChI=1S/C18H25N3O2/c1-18(2)15(9-16(18)23-3)21-17(22)13(19)8-11-10-20-14-7-5-4-6-12(11)14/h4-7,10,13,15-16,20H,8-9,19H2,1-3H3,(H,21,22)/t13-,15?,16?/m0/s1. The number of aromatic amines is 1. The Bertz CT molecular complexity index is 707. The number of carbonyl (C=O) groups is 1. The molecule has 1 saturated carbocycles. The van der Waals surface area contributed by atoms with E-state index in [4.69, 9.17) is 10.5 Å². The number of rotatable bonds is 5. The molecule has 124 valence electrons. The molecular weight excluding hydrogens is 290 g/mol. The molecule has 1 aliphatic rings. The highest BCUT2D eigenvalue weighted by Crippen LogP contribution is 2.42. The maximum absolute atomic E-state index is 12.4. The minimum absolute atomic E-state index is 0.0507. The summed E-state index contributed by atoms with van der Waals surface area (Å²) in [7, 11) is 1.72. The maximum Gasteiger partial charge on any atom is 0.237 e. The number of ether oxygens (including phenoxy) is 1. The van der Waals surface area contributed by atoms with Crippen LogP contribution in [0.2, 0.25) is 0 Å². The number of hydrogen-bond donors (Lipinski definition) is 3. The highest BCUT2D eigenvalue weighted by molar-refractivity contribution is 5.86. The van der Waals surface area contributed by atoms with Gasteiger partial charge in [-0.2, -0.15) is 0 Å². The van der Waals surface area contributed by atoms with Crippen molar-refractivity contribution in [2.45, 2.75) is 44.9 Å². The predicted molar refractivity (Wildman–Crippen MR) is 91.1 cm³/mol. The molecule has 0 spiro atoms. The third-order valence-corrected chi connectivity index (χ3v) is 5.23. The first-order chi connectivity index (χ1) is 10.9. The Morgan fingerprint density at radius 3 is 2.91 bits per heavy atom. The minimum Gasteiger partial charge on any atom is -0.381 e. The van der Waals surface area contributed by atoms with Gasteiger partial charge in [0, 0.05) is 35.7 Å². The average Bonchev–Trinajstić information content (AvgIpc) is 2.94. The zero-order chi connectivity index (χ0) is 16.6. The Hall–Kier alpha value is -1.85. The summed E-state index contributed by atoms with van der Waals surface area (Å²) in [4.78, 5) is 15.6. The van der Waals surface area contributed by atoms with Crippen molar-refractivity contribution in [3.63, 3.8) is 0 Å². The average molecular weight is 315 g/mol. The number of carbonyl (C=O) groups excluding carboxylic acids is 1. The molecule has 3 rings (SSSR count). The normalized spacial score (nSPS) is 24.2. The van der Waals surface area contributed by atoms with Gasteiger partial charge < -0.3 is 20.8 Å². The van der Waals surface area contributed by atoms with Crippen molar-refractivity contribution in [2.75, 3.05) is 7.11 Å². The van der Waals surface area contributed by atoms with Crippen LogP contribution in [0.3, 0.4) is 0 Å². The molecular formula is C18H25N3O2. The van der Waals surface area contributed by atoms with Gasteiger partial charge in [0.15, 0.2) is 0 Å². The van der Waals surface area contributed by atoms with Gasteiger partial charge in [0.25, 0.3) is 0 Å². The summed E-state index contributed by atoms with van der Waals surface area (Å²) in [6, 6.07) is 7.62. The van der Waals surface area contributed by atoms with E-state index in [0.717, 1.165) is 22.9 Å². The molecule has 0 saturated heterocycles. The van der Waals surface area contributed by atoms with Gasteiger partial charge in [-0.3, -0.25) is 4.79 Å². The van der Waals surface area contributed by atoms with Crippen molar-refractivity contribution in [3.05, 3.63) is 36.0 Å². The zero-order valence-corrected chi connectivity index (χ0v) is 13.9. The van der Waals surface area contributed by atoms with Crippen LogP contribution in [-0.4, -0.2) is 36.2 Å². The second-order valence-corrected chi connectivity index (χ2v) is 7.01. The molecule has 1 heterocycles. The maximum atomic E-state index is 12.4. The van der Waals surface area contributed by atoms with Crippen LogP contribution >= 0.6 is 0 Å². The molecule has 1 aromatic heterocycles. The monoisotopic (exact) mass is 315 g/mol. The number of methoxy groups -OCH3 is 1. The summed E-state index contributed by atoms with van der Waals surface area (Å²) < 4.78 is 5.42. The summed E-state index contributed by atoms with van der Waals surface area (Å²) in [5.41, 5.74) is 8.22. The Kier molecular flexibility index (Phi) is 4.17. The molecule has 0 bridgehead atoms. The molecule has 2 aromatic rings. The minimum atomic E-state index is -0.549. The Morgan fingerprint density at radius 1 is 1.48 bits per heavy atom. The van der Waals surface area contributed by atoms with Gasteiger partial charge in [-0.15, -0.1) is 0 Å². The van der Waals surface area contributed by atoms with Crippen molar-refractivity contribution in [2.24, 2.45) is 11.1 Å². The van der Waals surface area contributed by atoms with Gasteiger partial charge in [0.1, 0.15) is 0 Å². The van der Waals surface area contributed by atoms with Crippen molar-refractivity contribution < 1.29 is 9.53 Å². The number of hydrogen-bond acceptors (Lipinski definition) is 3. The summed E-state index contributed by atoms with van der Waals surface area (Å²) in [5.74, 6) is -0.0945. The first-order valence-electron chi connectivity index (χ1n) is 8.07. The fourth-order valence-electron chi connectivity index (χ4n) is 3.44. The second kappa shape index (κ2) is 5.98. The molecule has 1 fully saturated rings. The van der Waals surface area contributed by atoms with Gasteiger partial charge in [0.2, 0.25) is 5.91 Å². The molecule has 3 atom stereocenters. The van der Waals surface area contributed by atoms with Crippen LogP contribution in [0.1, 0.15) is 25.8 Å². The lowest BCUT2D eigenvalue weighted by molar-refractivity contribution is -0.133. The van der Waals surface area contributed by atoms with Gasteiger partial charge in [-0.05, 0) is 24.5 Å². The number of H-pyrrole nitrogens is 1. The summed E-state index contributed by atoms with van der Waals surface area (Å²) in [5, 5.41) is 4.20. The molecule has 5 heteroatoms. The van der Waals surface area contributed by atoms with Crippen LogP contribution in [0.5, 0.6) is 0 Å². The lowest BCUT2D eigenvalue weighted by Crippen LogP contribution is -2.63. The molecule has 0 aliphatic heterocycles. The van der Waals surface area contributed by atoms with Gasteiger partial charge in [-0.1, -0.05) is 32.0 Å². The lowest BCUT2D eigenvalue weighted by atomic mass is 9.64. The Morgan fingerprint density at radius 2 is 2.22 bits per heavy atom. The highest BCUT2D eigenvalue weighted by atomic mass is 16.5. The molecule has 1 aromatic carbocycles.